The van der Waals surface area contributed by atoms with Crippen molar-refractivity contribution in [1.82, 2.24) is 9.80 Å². The maximum absolute atomic E-state index is 12.5. The Morgan fingerprint density at radius 2 is 2.18 bits per heavy atom. The molecule has 0 radical (unpaired) electrons. The Morgan fingerprint density at radius 3 is 2.82 bits per heavy atom. The molecule has 2 amide bonds. The van der Waals surface area contributed by atoms with Crippen LogP contribution in [0.5, 0.6) is 0 Å². The van der Waals surface area contributed by atoms with Gasteiger partial charge in [0, 0.05) is 19.3 Å². The smallest absolute Gasteiger partial charge is 0.260 e. The molecule has 0 spiro atoms. The average Bonchev–Trinajstić information content (AvgIpc) is 2.76. The lowest BCUT2D eigenvalue weighted by Crippen LogP contribution is -2.66. The number of carbonyl (C=O) groups excluding carboxylic acids is 2. The lowest BCUT2D eigenvalue weighted by atomic mass is 10.1. The van der Waals surface area contributed by atoms with Gasteiger partial charge < -0.3 is 9.80 Å². The first-order chi connectivity index (χ1) is 8.04. The van der Waals surface area contributed by atoms with Crippen LogP contribution in [0.25, 0.3) is 0 Å². The molecule has 0 bridgehead atoms. The number of amides is 2. The average molecular weight is 274 g/mol. The minimum absolute atomic E-state index is 0.0908. The van der Waals surface area contributed by atoms with Gasteiger partial charge in [-0.2, -0.15) is 0 Å². The molecule has 0 N–H and O–H groups in total. The van der Waals surface area contributed by atoms with Crippen molar-refractivity contribution < 1.29 is 9.59 Å². The number of fused-ring (bicyclic) bond motifs is 1. The highest BCUT2D eigenvalue weighted by Crippen LogP contribution is 2.48. The summed E-state index contributed by atoms with van der Waals surface area (Å²) in [6, 6.07) is -0.319. The van der Waals surface area contributed by atoms with E-state index in [-0.39, 0.29) is 17.9 Å². The van der Waals surface area contributed by atoms with Gasteiger partial charge in [-0.15, -0.1) is 0 Å². The van der Waals surface area contributed by atoms with Crippen LogP contribution in [0.15, 0.2) is 0 Å². The molecule has 0 unspecified atom stereocenters. The third-order valence-corrected chi connectivity index (χ3v) is 6.62. The van der Waals surface area contributed by atoms with Gasteiger partial charge >= 0.3 is 0 Å². The molecular weight excluding hydrogens is 256 g/mol. The monoisotopic (exact) mass is 274 g/mol. The van der Waals surface area contributed by atoms with Crippen LogP contribution < -0.4 is 0 Å². The van der Waals surface area contributed by atoms with Crippen molar-refractivity contribution in [2.24, 2.45) is 0 Å². The predicted molar refractivity (Wildman–Crippen MR) is 71.6 cm³/mol. The van der Waals surface area contributed by atoms with E-state index in [1.165, 1.54) is 0 Å². The Hall–Kier alpha value is -0.360. The minimum atomic E-state index is -0.626. The molecule has 2 aliphatic heterocycles. The van der Waals surface area contributed by atoms with Crippen molar-refractivity contribution >= 4 is 33.4 Å². The molecule has 17 heavy (non-hydrogen) atoms. The normalized spacial score (nSPS) is 33.2. The van der Waals surface area contributed by atoms with Crippen LogP contribution >= 0.6 is 21.6 Å². The van der Waals surface area contributed by atoms with Crippen LogP contribution in [0.3, 0.4) is 0 Å². The predicted octanol–water partition coefficient (Wildman–Crippen LogP) is 1.57. The van der Waals surface area contributed by atoms with Crippen molar-refractivity contribution in [2.75, 3.05) is 19.3 Å². The highest BCUT2D eigenvalue weighted by molar-refractivity contribution is 8.77. The van der Waals surface area contributed by atoms with Gasteiger partial charge in [-0.25, -0.2) is 0 Å². The first-order valence-corrected chi connectivity index (χ1v) is 8.26. The lowest BCUT2D eigenvalue weighted by molar-refractivity contribution is -0.158. The molecule has 0 saturated carbocycles. The molecule has 0 aromatic carbocycles. The maximum Gasteiger partial charge on any atom is 0.260 e. The van der Waals surface area contributed by atoms with Crippen LogP contribution in [0.4, 0.5) is 0 Å². The first-order valence-electron chi connectivity index (χ1n) is 5.94. The van der Waals surface area contributed by atoms with Crippen molar-refractivity contribution in [2.45, 2.75) is 37.6 Å². The zero-order valence-corrected chi connectivity index (χ0v) is 12.1. The Balaban J connectivity index is 2.32. The molecule has 2 fully saturated rings. The van der Waals surface area contributed by atoms with Gasteiger partial charge in [0.15, 0.2) is 4.87 Å². The molecule has 0 aromatic heterocycles. The number of hydrogen-bond acceptors (Lipinski definition) is 4. The molecule has 4 nitrogen and oxygen atoms in total. The van der Waals surface area contributed by atoms with Crippen molar-refractivity contribution in [3.8, 4) is 0 Å². The molecule has 2 saturated heterocycles. The van der Waals surface area contributed by atoms with E-state index in [1.807, 2.05) is 0 Å². The van der Waals surface area contributed by atoms with Crippen LogP contribution in [0.2, 0.25) is 0 Å². The van der Waals surface area contributed by atoms with Gasteiger partial charge in [-0.3, -0.25) is 9.59 Å². The van der Waals surface area contributed by atoms with E-state index in [4.69, 9.17) is 0 Å². The molecule has 2 aliphatic rings. The summed E-state index contributed by atoms with van der Waals surface area (Å²) in [7, 11) is 4.97. The standard InChI is InChI=1S/C11H18N2O2S2/c1-4-16-17-11-6-5-7-13(11)9(14)8(2)12(3)10(11)15/h8H,4-7H2,1-3H3/t8-,11+/m0/s1. The zero-order chi connectivity index (χ0) is 12.6. The summed E-state index contributed by atoms with van der Waals surface area (Å²) >= 11 is 0. The van der Waals surface area contributed by atoms with Crippen LogP contribution in [0.1, 0.15) is 26.7 Å². The van der Waals surface area contributed by atoms with E-state index in [2.05, 4.69) is 6.92 Å². The van der Waals surface area contributed by atoms with E-state index in [1.54, 1.807) is 45.4 Å². The molecular formula is C11H18N2O2S2. The summed E-state index contributed by atoms with van der Waals surface area (Å²) in [4.78, 5) is 27.5. The van der Waals surface area contributed by atoms with Gasteiger partial charge in [-0.05, 0) is 19.8 Å². The SMILES string of the molecule is CCSS[C@@]12CCCN1C(=O)[C@H](C)N(C)C2=O. The molecule has 2 rings (SSSR count). The van der Waals surface area contributed by atoms with Crippen LogP contribution in [-0.2, 0) is 9.59 Å². The number of rotatable bonds is 3. The van der Waals surface area contributed by atoms with E-state index in [0.717, 1.165) is 25.1 Å². The van der Waals surface area contributed by atoms with Gasteiger partial charge in [0.1, 0.15) is 6.04 Å². The topological polar surface area (TPSA) is 40.6 Å². The van der Waals surface area contributed by atoms with Crippen molar-refractivity contribution in [1.29, 1.82) is 0 Å². The molecule has 0 aromatic rings. The van der Waals surface area contributed by atoms with Crippen molar-refractivity contribution in [3.05, 3.63) is 0 Å². The van der Waals surface area contributed by atoms with Gasteiger partial charge in [0.2, 0.25) is 5.91 Å². The number of carbonyl (C=O) groups is 2. The highest BCUT2D eigenvalue weighted by atomic mass is 33.1. The van der Waals surface area contributed by atoms with Crippen LogP contribution in [0, 0.1) is 0 Å². The number of likely N-dealkylation sites (N-methyl/N-ethyl adjacent to an activating group) is 1. The fourth-order valence-electron chi connectivity index (χ4n) is 2.42. The van der Waals surface area contributed by atoms with Gasteiger partial charge in [0.25, 0.3) is 5.91 Å². The molecule has 6 heteroatoms. The largest absolute Gasteiger partial charge is 0.331 e. The van der Waals surface area contributed by atoms with E-state index in [0.29, 0.717) is 0 Å². The number of nitrogens with zero attached hydrogens (tertiary/aromatic N) is 2. The van der Waals surface area contributed by atoms with E-state index in [9.17, 15) is 9.59 Å². The Labute approximate surface area is 110 Å². The molecule has 96 valence electrons. The zero-order valence-electron chi connectivity index (χ0n) is 10.4. The number of piperazine rings is 1. The van der Waals surface area contributed by atoms with E-state index < -0.39 is 4.87 Å². The minimum Gasteiger partial charge on any atom is -0.331 e. The summed E-state index contributed by atoms with van der Waals surface area (Å²) in [6.07, 6.45) is 1.71. The fraction of sp³-hybridized carbons (Fsp3) is 0.818. The summed E-state index contributed by atoms with van der Waals surface area (Å²) in [5.41, 5.74) is 0. The van der Waals surface area contributed by atoms with Gasteiger partial charge in [0.05, 0.1) is 0 Å². The first kappa shape index (κ1) is 13.1. The van der Waals surface area contributed by atoms with Crippen LogP contribution in [-0.4, -0.2) is 51.9 Å². The van der Waals surface area contributed by atoms with E-state index >= 15 is 0 Å². The molecule has 0 aliphatic carbocycles. The summed E-state index contributed by atoms with van der Waals surface area (Å²) in [6.45, 7) is 4.59. The second-order valence-corrected chi connectivity index (χ2v) is 7.32. The molecule has 2 atom stereocenters. The second kappa shape index (κ2) is 4.72. The highest BCUT2D eigenvalue weighted by Gasteiger charge is 2.57. The van der Waals surface area contributed by atoms with Crippen molar-refractivity contribution in [3.63, 3.8) is 0 Å². The van der Waals surface area contributed by atoms with Gasteiger partial charge in [-0.1, -0.05) is 28.5 Å². The third-order valence-electron chi connectivity index (χ3n) is 3.51. The summed E-state index contributed by atoms with van der Waals surface area (Å²) in [5.74, 6) is 1.13. The fourth-order valence-corrected chi connectivity index (χ4v) is 5.12. The Kier molecular flexibility index (Phi) is 3.63. The quantitative estimate of drug-likeness (QED) is 0.733. The summed E-state index contributed by atoms with van der Waals surface area (Å²) in [5, 5.41) is 0. The Morgan fingerprint density at radius 1 is 1.47 bits per heavy atom. The number of hydrogen-bond donors (Lipinski definition) is 0. The lowest BCUT2D eigenvalue weighted by Gasteiger charge is -2.46. The Bertz CT molecular complexity index is 350. The maximum atomic E-state index is 12.5. The summed E-state index contributed by atoms with van der Waals surface area (Å²) < 4.78 is 0. The third kappa shape index (κ3) is 1.85. The second-order valence-electron chi connectivity index (χ2n) is 4.46. The molecule has 2 heterocycles.